The summed E-state index contributed by atoms with van der Waals surface area (Å²) in [7, 11) is 0. The lowest BCUT2D eigenvalue weighted by atomic mass is 10.1. The highest BCUT2D eigenvalue weighted by molar-refractivity contribution is 5.93. The van der Waals surface area contributed by atoms with Crippen molar-refractivity contribution in [2.45, 2.75) is 50.9 Å². The number of benzene rings is 2. The Balaban J connectivity index is 1.37. The number of nitrogens with one attached hydrogen (secondary N) is 2. The van der Waals surface area contributed by atoms with Crippen molar-refractivity contribution in [2.24, 2.45) is 0 Å². The topological polar surface area (TPSA) is 93.9 Å². The Bertz CT molecular complexity index is 1280. The summed E-state index contributed by atoms with van der Waals surface area (Å²) in [6.45, 7) is 5.87. The van der Waals surface area contributed by atoms with Crippen molar-refractivity contribution in [1.29, 1.82) is 5.26 Å². The first-order chi connectivity index (χ1) is 17.4. The second kappa shape index (κ2) is 10.1. The Morgan fingerprint density at radius 1 is 1.11 bits per heavy atom. The molecule has 7 nitrogen and oxygen atoms in total. The summed E-state index contributed by atoms with van der Waals surface area (Å²) < 4.78 is 13.3. The van der Waals surface area contributed by atoms with Gasteiger partial charge in [0.2, 0.25) is 0 Å². The molecule has 8 heteroatoms. The molecule has 2 N–H and O–H groups in total. The van der Waals surface area contributed by atoms with Crippen LogP contribution in [-0.2, 0) is 6.54 Å². The first-order valence-corrected chi connectivity index (χ1v) is 12.3. The van der Waals surface area contributed by atoms with Crippen LogP contribution in [0.4, 0.5) is 4.39 Å². The van der Waals surface area contributed by atoms with Crippen LogP contribution in [0.5, 0.6) is 0 Å². The van der Waals surface area contributed by atoms with Crippen molar-refractivity contribution in [3.05, 3.63) is 82.9 Å². The minimum Gasteiger partial charge on any atom is -0.334 e. The quantitative estimate of drug-likeness (QED) is 0.555. The fraction of sp³-hybridized carbons (Fsp3) is 0.357. The zero-order chi connectivity index (χ0) is 25.2. The highest BCUT2D eigenvalue weighted by atomic mass is 19.1. The molecule has 36 heavy (non-hydrogen) atoms. The number of hydrogen-bond donors (Lipinski definition) is 2. The van der Waals surface area contributed by atoms with Gasteiger partial charge >= 0.3 is 0 Å². The molecular formula is C28H29FN6O. The molecule has 1 aliphatic carbocycles. The van der Waals surface area contributed by atoms with Gasteiger partial charge in [0.15, 0.2) is 5.82 Å². The summed E-state index contributed by atoms with van der Waals surface area (Å²) >= 11 is 0. The molecular weight excluding hydrogens is 455 g/mol. The third-order valence-electron chi connectivity index (χ3n) is 6.75. The molecule has 5 rings (SSSR count). The normalized spacial score (nSPS) is 23.2. The van der Waals surface area contributed by atoms with Crippen molar-refractivity contribution < 1.29 is 9.18 Å². The molecule has 1 saturated carbocycles. The minimum atomic E-state index is -0.231. The van der Waals surface area contributed by atoms with Crippen LogP contribution < -0.4 is 10.6 Å². The number of piperazine rings is 1. The van der Waals surface area contributed by atoms with Crippen LogP contribution in [0.15, 0.2) is 54.6 Å². The van der Waals surface area contributed by atoms with Gasteiger partial charge in [-0.2, -0.15) is 5.26 Å². The number of amides is 1. The fourth-order valence-electron chi connectivity index (χ4n) is 4.91. The van der Waals surface area contributed by atoms with E-state index in [4.69, 9.17) is 10.2 Å². The van der Waals surface area contributed by atoms with Crippen LogP contribution in [0.3, 0.4) is 0 Å². The van der Waals surface area contributed by atoms with Crippen LogP contribution >= 0.6 is 0 Å². The molecule has 0 spiro atoms. The lowest BCUT2D eigenvalue weighted by Crippen LogP contribution is -2.56. The standard InChI is InChI=1S/C28H29FN6O/c1-17-15-35(16-18(2)32-17)28(36)26-11-23(33-27(34-26)21-5-3-19(13-30)4-6-21)14-31-25-12-24(25)20-7-9-22(29)10-8-20/h3-11,17-18,24-25,31-32H,12,14-16H2,1-2H3/t17?,18?,24-,25+/m0/s1. The predicted octanol–water partition coefficient (Wildman–Crippen LogP) is 3.62. The van der Waals surface area contributed by atoms with Crippen LogP contribution in [-0.4, -0.2) is 52.0 Å². The molecule has 1 aromatic heterocycles. The summed E-state index contributed by atoms with van der Waals surface area (Å²) in [5.74, 6) is 0.467. The van der Waals surface area contributed by atoms with Crippen LogP contribution in [0, 0.1) is 17.1 Å². The number of carbonyl (C=O) groups excluding carboxylic acids is 1. The average molecular weight is 485 g/mol. The molecule has 3 aromatic rings. The summed E-state index contributed by atoms with van der Waals surface area (Å²) in [6, 6.07) is 18.3. The predicted molar refractivity (Wildman–Crippen MR) is 135 cm³/mol. The minimum absolute atomic E-state index is 0.107. The molecule has 2 aliphatic rings. The number of aromatic nitrogens is 2. The maximum atomic E-state index is 13.5. The molecule has 2 unspecified atom stereocenters. The molecule has 1 amide bonds. The van der Waals surface area contributed by atoms with Crippen molar-refractivity contribution >= 4 is 5.91 Å². The third-order valence-corrected chi connectivity index (χ3v) is 6.75. The van der Waals surface area contributed by atoms with Gasteiger partial charge < -0.3 is 15.5 Å². The van der Waals surface area contributed by atoms with E-state index in [0.717, 1.165) is 23.2 Å². The number of rotatable bonds is 6. The van der Waals surface area contributed by atoms with Crippen molar-refractivity contribution in [3.63, 3.8) is 0 Å². The fourth-order valence-corrected chi connectivity index (χ4v) is 4.91. The Hall–Kier alpha value is -3.67. The van der Waals surface area contributed by atoms with E-state index in [2.05, 4.69) is 35.5 Å². The Morgan fingerprint density at radius 3 is 2.47 bits per heavy atom. The average Bonchev–Trinajstić information content (AvgIpc) is 3.66. The summed E-state index contributed by atoms with van der Waals surface area (Å²) in [5, 5.41) is 16.1. The van der Waals surface area contributed by atoms with Crippen LogP contribution in [0.1, 0.15) is 53.5 Å². The molecule has 2 aromatic carbocycles. The van der Waals surface area contributed by atoms with Crippen LogP contribution in [0.2, 0.25) is 0 Å². The van der Waals surface area contributed by atoms with E-state index >= 15 is 0 Å². The van der Waals surface area contributed by atoms with Gasteiger partial charge in [0.25, 0.3) is 5.91 Å². The molecule has 4 atom stereocenters. The maximum Gasteiger partial charge on any atom is 0.272 e. The van der Waals surface area contributed by atoms with E-state index in [1.807, 2.05) is 17.0 Å². The van der Waals surface area contributed by atoms with Gasteiger partial charge in [-0.1, -0.05) is 12.1 Å². The van der Waals surface area contributed by atoms with Gasteiger partial charge in [-0.15, -0.1) is 0 Å². The van der Waals surface area contributed by atoms with Gasteiger partial charge in [-0.25, -0.2) is 14.4 Å². The highest BCUT2D eigenvalue weighted by Crippen LogP contribution is 2.40. The van der Waals surface area contributed by atoms with E-state index < -0.39 is 0 Å². The third kappa shape index (κ3) is 5.43. The lowest BCUT2D eigenvalue weighted by Gasteiger charge is -2.36. The van der Waals surface area contributed by atoms with Gasteiger partial charge in [0.1, 0.15) is 11.5 Å². The zero-order valence-corrected chi connectivity index (χ0v) is 20.4. The van der Waals surface area contributed by atoms with E-state index in [0.29, 0.717) is 42.6 Å². The number of hydrogen-bond acceptors (Lipinski definition) is 6. The first kappa shape index (κ1) is 24.0. The second-order valence-electron chi connectivity index (χ2n) is 9.82. The SMILES string of the molecule is CC1CN(C(=O)c2cc(CN[C@@H]3C[C@H]3c3ccc(F)cc3)nc(-c3ccc(C#N)cc3)n2)CC(C)N1. The van der Waals surface area contributed by atoms with E-state index in [1.54, 1.807) is 30.3 Å². The first-order valence-electron chi connectivity index (χ1n) is 12.3. The highest BCUT2D eigenvalue weighted by Gasteiger charge is 2.38. The van der Waals surface area contributed by atoms with Crippen molar-refractivity contribution in [1.82, 2.24) is 25.5 Å². The lowest BCUT2D eigenvalue weighted by molar-refractivity contribution is 0.0667. The number of carbonyl (C=O) groups is 1. The van der Waals surface area contributed by atoms with E-state index in [1.165, 1.54) is 12.1 Å². The van der Waals surface area contributed by atoms with Gasteiger partial charge in [0.05, 0.1) is 17.3 Å². The summed E-state index contributed by atoms with van der Waals surface area (Å²) in [5.41, 5.74) is 3.52. The summed E-state index contributed by atoms with van der Waals surface area (Å²) in [4.78, 5) is 24.7. The number of nitriles is 1. The van der Waals surface area contributed by atoms with Gasteiger partial charge in [-0.3, -0.25) is 4.79 Å². The molecule has 184 valence electrons. The second-order valence-corrected chi connectivity index (χ2v) is 9.82. The Labute approximate surface area is 210 Å². The molecule has 2 fully saturated rings. The monoisotopic (exact) mass is 484 g/mol. The van der Waals surface area contributed by atoms with E-state index in [-0.39, 0.29) is 29.8 Å². The Kier molecular flexibility index (Phi) is 6.77. The van der Waals surface area contributed by atoms with Crippen LogP contribution in [0.25, 0.3) is 11.4 Å². The molecule has 1 saturated heterocycles. The van der Waals surface area contributed by atoms with Crippen molar-refractivity contribution in [3.8, 4) is 17.5 Å². The van der Waals surface area contributed by atoms with Crippen molar-refractivity contribution in [2.75, 3.05) is 13.1 Å². The van der Waals surface area contributed by atoms with Gasteiger partial charge in [-0.05, 0) is 68.3 Å². The van der Waals surface area contributed by atoms with Gasteiger partial charge in [0, 0.05) is 49.2 Å². The zero-order valence-electron chi connectivity index (χ0n) is 20.4. The molecule has 0 bridgehead atoms. The maximum absolute atomic E-state index is 13.5. The smallest absolute Gasteiger partial charge is 0.272 e. The molecule has 2 heterocycles. The summed E-state index contributed by atoms with van der Waals surface area (Å²) in [6.07, 6.45) is 0.974. The molecule has 1 aliphatic heterocycles. The largest absolute Gasteiger partial charge is 0.334 e. The Morgan fingerprint density at radius 2 is 1.81 bits per heavy atom. The number of halogens is 1. The number of nitrogens with zero attached hydrogens (tertiary/aromatic N) is 4. The van der Waals surface area contributed by atoms with E-state index in [9.17, 15) is 9.18 Å². The molecule has 0 radical (unpaired) electrons.